The molecule has 0 aromatic carbocycles. The Labute approximate surface area is 217 Å². The van der Waals surface area contributed by atoms with Crippen molar-refractivity contribution in [2.75, 3.05) is 17.7 Å². The fourth-order valence-electron chi connectivity index (χ4n) is 3.94. The van der Waals surface area contributed by atoms with Crippen molar-refractivity contribution in [1.82, 2.24) is 33.7 Å². The number of pyridine rings is 2. The third kappa shape index (κ3) is 4.26. The van der Waals surface area contributed by atoms with Gasteiger partial charge in [0.15, 0.2) is 28.5 Å². The first-order valence-electron chi connectivity index (χ1n) is 11.3. The van der Waals surface area contributed by atoms with Gasteiger partial charge in [-0.15, -0.1) is 0 Å². The van der Waals surface area contributed by atoms with E-state index in [4.69, 9.17) is 16.3 Å². The van der Waals surface area contributed by atoms with Crippen LogP contribution in [-0.4, -0.2) is 40.7 Å². The normalized spacial score (nSPS) is 12.0. The molecule has 11 nitrogen and oxygen atoms in total. The van der Waals surface area contributed by atoms with Crippen LogP contribution in [-0.2, 0) is 13.2 Å². The van der Waals surface area contributed by atoms with E-state index in [9.17, 15) is 18.0 Å². The second-order valence-corrected chi connectivity index (χ2v) is 8.98. The van der Waals surface area contributed by atoms with Gasteiger partial charge in [-0.1, -0.05) is 11.6 Å². The molecule has 15 heteroatoms. The molecular formula is C23H21ClF3N9O2. The van der Waals surface area contributed by atoms with Crippen LogP contribution in [0.2, 0.25) is 5.02 Å². The Kier molecular flexibility index (Phi) is 6.13. The fourth-order valence-corrected chi connectivity index (χ4v) is 4.24. The standard InChI is InChI=1S/C23H21ClF3N9O2/c1-11(2)35-10-12(23(25,26)27)7-13(21(35)37)32-22-33-20-18(34(22)4)16(24)14(8-30-20)38-15-9-31-36-6-5-29-19(28-3)17(15)36/h5-11H,1-4H3,(H,28,29)(H,30,32,33). The average molecular weight is 548 g/mol. The minimum atomic E-state index is -4.65. The van der Waals surface area contributed by atoms with Crippen molar-refractivity contribution >= 4 is 45.7 Å². The minimum absolute atomic E-state index is 0.0657. The molecule has 0 aliphatic heterocycles. The van der Waals surface area contributed by atoms with E-state index in [1.807, 2.05) is 0 Å². The van der Waals surface area contributed by atoms with E-state index < -0.39 is 23.3 Å². The summed E-state index contributed by atoms with van der Waals surface area (Å²) in [5, 5.41) is 10.1. The molecule has 0 unspecified atom stereocenters. The maximum Gasteiger partial charge on any atom is 0.417 e. The van der Waals surface area contributed by atoms with Gasteiger partial charge >= 0.3 is 6.18 Å². The highest BCUT2D eigenvalue weighted by Crippen LogP contribution is 2.38. The number of rotatable bonds is 6. The molecule has 0 bridgehead atoms. The van der Waals surface area contributed by atoms with Crippen LogP contribution in [0.5, 0.6) is 11.5 Å². The van der Waals surface area contributed by atoms with Crippen molar-refractivity contribution in [2.45, 2.75) is 26.1 Å². The van der Waals surface area contributed by atoms with Gasteiger partial charge in [0, 0.05) is 38.7 Å². The number of nitrogens with one attached hydrogen (secondary N) is 2. The monoisotopic (exact) mass is 547 g/mol. The number of nitrogens with zero attached hydrogens (tertiary/aromatic N) is 7. The molecule has 198 valence electrons. The lowest BCUT2D eigenvalue weighted by molar-refractivity contribution is -0.138. The van der Waals surface area contributed by atoms with E-state index in [1.54, 1.807) is 44.9 Å². The minimum Gasteiger partial charge on any atom is -0.450 e. The topological polar surface area (TPSA) is 116 Å². The fraction of sp³-hybridized carbons (Fsp3) is 0.261. The summed E-state index contributed by atoms with van der Waals surface area (Å²) in [4.78, 5) is 25.8. The molecule has 5 aromatic heterocycles. The largest absolute Gasteiger partial charge is 0.450 e. The molecule has 5 aromatic rings. The van der Waals surface area contributed by atoms with Crippen LogP contribution in [0, 0.1) is 0 Å². The van der Waals surface area contributed by atoms with Crippen LogP contribution in [0.1, 0.15) is 25.5 Å². The van der Waals surface area contributed by atoms with Crippen molar-refractivity contribution in [3.8, 4) is 11.5 Å². The van der Waals surface area contributed by atoms with Gasteiger partial charge in [0.2, 0.25) is 5.95 Å². The number of halogens is 4. The number of anilines is 3. The Hall–Kier alpha value is -4.33. The Morgan fingerprint density at radius 3 is 2.58 bits per heavy atom. The van der Waals surface area contributed by atoms with E-state index in [1.165, 1.54) is 17.0 Å². The SMILES string of the molecule is CNc1nccn2ncc(Oc3cnc4nc(Nc5cc(C(F)(F)F)cn(C(C)C)c5=O)n(C)c4c3Cl)c12. The first-order valence-corrected chi connectivity index (χ1v) is 11.7. The highest BCUT2D eigenvalue weighted by molar-refractivity contribution is 6.36. The zero-order chi connectivity index (χ0) is 27.4. The molecule has 0 aliphatic carbocycles. The predicted octanol–water partition coefficient (Wildman–Crippen LogP) is 5.00. The van der Waals surface area contributed by atoms with Gasteiger partial charge in [0.05, 0.1) is 18.0 Å². The molecule has 0 radical (unpaired) electrons. The third-order valence-corrected chi connectivity index (χ3v) is 6.20. The van der Waals surface area contributed by atoms with Gasteiger partial charge in [-0.05, 0) is 19.9 Å². The molecule has 2 N–H and O–H groups in total. The molecule has 5 heterocycles. The first-order chi connectivity index (χ1) is 18.0. The number of hydrogen-bond donors (Lipinski definition) is 2. The van der Waals surface area contributed by atoms with Gasteiger partial charge in [-0.2, -0.15) is 23.3 Å². The van der Waals surface area contributed by atoms with Gasteiger partial charge in [-0.3, -0.25) is 4.79 Å². The molecule has 0 fully saturated rings. The van der Waals surface area contributed by atoms with Gasteiger partial charge in [0.25, 0.3) is 5.56 Å². The summed E-state index contributed by atoms with van der Waals surface area (Å²) in [6, 6.07) is 0.253. The molecular weight excluding hydrogens is 527 g/mol. The number of alkyl halides is 3. The Morgan fingerprint density at radius 2 is 1.89 bits per heavy atom. The third-order valence-electron chi connectivity index (χ3n) is 5.83. The van der Waals surface area contributed by atoms with Crippen LogP contribution in [0.15, 0.2) is 41.8 Å². The van der Waals surface area contributed by atoms with Crippen molar-refractivity contribution in [3.05, 3.63) is 58.0 Å². The van der Waals surface area contributed by atoms with E-state index in [-0.39, 0.29) is 28.1 Å². The zero-order valence-corrected chi connectivity index (χ0v) is 21.3. The second kappa shape index (κ2) is 9.20. The van der Waals surface area contributed by atoms with Crippen LogP contribution in [0.25, 0.3) is 16.7 Å². The molecule has 38 heavy (non-hydrogen) atoms. The number of aryl methyl sites for hydroxylation is 1. The van der Waals surface area contributed by atoms with Crippen LogP contribution < -0.4 is 20.9 Å². The first kappa shape index (κ1) is 25.3. The van der Waals surface area contributed by atoms with Gasteiger partial charge in [0.1, 0.15) is 16.2 Å². The summed E-state index contributed by atoms with van der Waals surface area (Å²) >= 11 is 6.66. The Morgan fingerprint density at radius 1 is 1.13 bits per heavy atom. The van der Waals surface area contributed by atoms with Gasteiger partial charge < -0.3 is 24.5 Å². The van der Waals surface area contributed by atoms with E-state index in [2.05, 4.69) is 30.7 Å². The van der Waals surface area contributed by atoms with E-state index >= 15 is 0 Å². The highest BCUT2D eigenvalue weighted by Gasteiger charge is 2.33. The maximum atomic E-state index is 13.5. The Balaban J connectivity index is 1.56. The number of fused-ring (bicyclic) bond motifs is 2. The smallest absolute Gasteiger partial charge is 0.417 e. The second-order valence-electron chi connectivity index (χ2n) is 8.60. The van der Waals surface area contributed by atoms with E-state index in [0.29, 0.717) is 22.6 Å². The number of aromatic nitrogens is 7. The summed E-state index contributed by atoms with van der Waals surface area (Å²) in [6.45, 7) is 3.23. The number of ether oxygens (including phenoxy) is 1. The summed E-state index contributed by atoms with van der Waals surface area (Å²) in [5.41, 5.74) is -0.789. The van der Waals surface area contributed by atoms with E-state index in [0.717, 1.165) is 16.8 Å². The molecule has 0 atom stereocenters. The van der Waals surface area contributed by atoms with Crippen molar-refractivity contribution in [3.63, 3.8) is 0 Å². The molecule has 0 saturated carbocycles. The quantitative estimate of drug-likeness (QED) is 0.305. The van der Waals surface area contributed by atoms with Crippen molar-refractivity contribution in [1.29, 1.82) is 0 Å². The molecule has 0 amide bonds. The lowest BCUT2D eigenvalue weighted by atomic mass is 10.2. The predicted molar refractivity (Wildman–Crippen MR) is 135 cm³/mol. The van der Waals surface area contributed by atoms with Crippen LogP contribution >= 0.6 is 11.6 Å². The van der Waals surface area contributed by atoms with Crippen LogP contribution in [0.4, 0.5) is 30.6 Å². The van der Waals surface area contributed by atoms with Crippen molar-refractivity contribution < 1.29 is 17.9 Å². The molecule has 0 aliphatic rings. The summed E-state index contributed by atoms with van der Waals surface area (Å²) < 4.78 is 50.6. The summed E-state index contributed by atoms with van der Waals surface area (Å²) in [7, 11) is 3.30. The number of imidazole rings is 1. The molecule has 5 rings (SSSR count). The Bertz CT molecular complexity index is 1740. The van der Waals surface area contributed by atoms with Crippen LogP contribution in [0.3, 0.4) is 0 Å². The van der Waals surface area contributed by atoms with Crippen molar-refractivity contribution in [2.24, 2.45) is 7.05 Å². The molecule has 0 saturated heterocycles. The lowest BCUT2D eigenvalue weighted by Crippen LogP contribution is -2.26. The maximum absolute atomic E-state index is 13.5. The lowest BCUT2D eigenvalue weighted by Gasteiger charge is -2.16. The number of hydrogen-bond acceptors (Lipinski definition) is 8. The zero-order valence-electron chi connectivity index (χ0n) is 20.5. The molecule has 0 spiro atoms. The summed E-state index contributed by atoms with van der Waals surface area (Å²) in [5.74, 6) is 1.15. The van der Waals surface area contributed by atoms with Gasteiger partial charge in [-0.25, -0.2) is 14.5 Å². The summed E-state index contributed by atoms with van der Waals surface area (Å²) in [6.07, 6.45) is 2.26. The highest BCUT2D eigenvalue weighted by atomic mass is 35.5. The average Bonchev–Trinajstić information content (AvgIpc) is 3.42.